The lowest BCUT2D eigenvalue weighted by Gasteiger charge is -2.18. The third-order valence-corrected chi connectivity index (χ3v) is 3.41. The molecule has 0 bridgehead atoms. The Morgan fingerprint density at radius 1 is 1.41 bits per heavy atom. The first-order chi connectivity index (χ1) is 8.33. The van der Waals surface area contributed by atoms with Gasteiger partial charge in [-0.1, -0.05) is 18.6 Å². The SMILES string of the molecule is N#Cc1cccc(COC2CCCC2CN)c1. The van der Waals surface area contributed by atoms with Crippen LogP contribution in [0.1, 0.15) is 30.4 Å². The van der Waals surface area contributed by atoms with Crippen LogP contribution >= 0.6 is 0 Å². The smallest absolute Gasteiger partial charge is 0.0991 e. The minimum Gasteiger partial charge on any atom is -0.373 e. The van der Waals surface area contributed by atoms with Crippen molar-refractivity contribution in [2.75, 3.05) is 6.54 Å². The fourth-order valence-corrected chi connectivity index (χ4v) is 2.43. The van der Waals surface area contributed by atoms with Gasteiger partial charge in [0, 0.05) is 0 Å². The number of ether oxygens (including phenoxy) is 1. The van der Waals surface area contributed by atoms with Crippen molar-refractivity contribution in [1.29, 1.82) is 5.26 Å². The molecule has 1 aromatic carbocycles. The Kier molecular flexibility index (Phi) is 4.13. The predicted octanol–water partition coefficient (Wildman–Crippen LogP) is 2.20. The molecule has 0 heterocycles. The van der Waals surface area contributed by atoms with Crippen molar-refractivity contribution >= 4 is 0 Å². The molecular formula is C14H18N2O. The average molecular weight is 230 g/mol. The van der Waals surface area contributed by atoms with E-state index in [1.54, 1.807) is 0 Å². The number of hydrogen-bond acceptors (Lipinski definition) is 3. The molecule has 1 saturated carbocycles. The fraction of sp³-hybridized carbons (Fsp3) is 0.500. The molecule has 1 aliphatic carbocycles. The topological polar surface area (TPSA) is 59.0 Å². The zero-order valence-corrected chi connectivity index (χ0v) is 9.93. The highest BCUT2D eigenvalue weighted by Crippen LogP contribution is 2.28. The quantitative estimate of drug-likeness (QED) is 0.862. The van der Waals surface area contributed by atoms with Crippen molar-refractivity contribution in [3.63, 3.8) is 0 Å². The molecule has 2 unspecified atom stereocenters. The molecule has 0 saturated heterocycles. The molecule has 1 aromatic rings. The number of benzene rings is 1. The zero-order valence-electron chi connectivity index (χ0n) is 9.93. The lowest BCUT2D eigenvalue weighted by Crippen LogP contribution is -2.25. The maximum absolute atomic E-state index is 8.81. The van der Waals surface area contributed by atoms with Crippen molar-refractivity contribution < 1.29 is 4.74 Å². The first-order valence-electron chi connectivity index (χ1n) is 6.14. The summed E-state index contributed by atoms with van der Waals surface area (Å²) in [7, 11) is 0. The summed E-state index contributed by atoms with van der Waals surface area (Å²) in [6.07, 6.45) is 3.80. The molecule has 90 valence electrons. The second kappa shape index (κ2) is 5.81. The zero-order chi connectivity index (χ0) is 12.1. The highest BCUT2D eigenvalue weighted by Gasteiger charge is 2.26. The molecule has 0 aromatic heterocycles. The number of nitriles is 1. The monoisotopic (exact) mass is 230 g/mol. The first-order valence-corrected chi connectivity index (χ1v) is 6.14. The van der Waals surface area contributed by atoms with Gasteiger partial charge < -0.3 is 10.5 Å². The van der Waals surface area contributed by atoms with E-state index in [4.69, 9.17) is 15.7 Å². The number of hydrogen-bond donors (Lipinski definition) is 1. The van der Waals surface area contributed by atoms with E-state index >= 15 is 0 Å². The summed E-state index contributed by atoms with van der Waals surface area (Å²) >= 11 is 0. The molecule has 1 aliphatic rings. The van der Waals surface area contributed by atoms with Gasteiger partial charge in [0.05, 0.1) is 24.3 Å². The minimum atomic E-state index is 0.297. The van der Waals surface area contributed by atoms with E-state index in [1.165, 1.54) is 12.8 Å². The fourth-order valence-electron chi connectivity index (χ4n) is 2.43. The Morgan fingerprint density at radius 2 is 2.29 bits per heavy atom. The first kappa shape index (κ1) is 12.1. The van der Waals surface area contributed by atoms with E-state index in [0.29, 0.717) is 30.7 Å². The summed E-state index contributed by atoms with van der Waals surface area (Å²) in [5, 5.41) is 8.81. The summed E-state index contributed by atoms with van der Waals surface area (Å²) in [6.45, 7) is 1.29. The van der Waals surface area contributed by atoms with Crippen LogP contribution in [0.4, 0.5) is 0 Å². The third kappa shape index (κ3) is 3.06. The standard InChI is InChI=1S/C14H18N2O/c15-8-11-3-1-4-12(7-11)10-17-14-6-2-5-13(14)9-16/h1,3-4,7,13-14H,2,5-6,9-10,16H2. The lowest BCUT2D eigenvalue weighted by atomic mass is 10.1. The highest BCUT2D eigenvalue weighted by molar-refractivity contribution is 5.32. The van der Waals surface area contributed by atoms with Crippen LogP contribution in [0.15, 0.2) is 24.3 Å². The molecule has 0 radical (unpaired) electrons. The summed E-state index contributed by atoms with van der Waals surface area (Å²) in [5.74, 6) is 0.508. The van der Waals surface area contributed by atoms with Gasteiger partial charge in [-0.15, -0.1) is 0 Å². The maximum Gasteiger partial charge on any atom is 0.0991 e. The van der Waals surface area contributed by atoms with E-state index in [-0.39, 0.29) is 0 Å². The number of rotatable bonds is 4. The Bertz CT molecular complexity index is 411. The van der Waals surface area contributed by atoms with Crippen LogP contribution in [-0.4, -0.2) is 12.6 Å². The normalized spacial score (nSPS) is 23.5. The second-order valence-electron chi connectivity index (χ2n) is 4.59. The van der Waals surface area contributed by atoms with Crippen molar-refractivity contribution in [2.24, 2.45) is 11.7 Å². The largest absolute Gasteiger partial charge is 0.373 e. The predicted molar refractivity (Wildman–Crippen MR) is 66.1 cm³/mol. The molecular weight excluding hydrogens is 212 g/mol. The lowest BCUT2D eigenvalue weighted by molar-refractivity contribution is 0.0182. The van der Waals surface area contributed by atoms with Gasteiger partial charge in [0.25, 0.3) is 0 Å². The van der Waals surface area contributed by atoms with Gasteiger partial charge in [0.15, 0.2) is 0 Å². The van der Waals surface area contributed by atoms with Crippen LogP contribution in [0.25, 0.3) is 0 Å². The van der Waals surface area contributed by atoms with Crippen LogP contribution in [0.3, 0.4) is 0 Å². The minimum absolute atomic E-state index is 0.297. The van der Waals surface area contributed by atoms with E-state index < -0.39 is 0 Å². The Morgan fingerprint density at radius 3 is 3.06 bits per heavy atom. The van der Waals surface area contributed by atoms with Gasteiger partial charge in [-0.25, -0.2) is 0 Å². The molecule has 17 heavy (non-hydrogen) atoms. The van der Waals surface area contributed by atoms with Crippen molar-refractivity contribution in [1.82, 2.24) is 0 Å². The van der Waals surface area contributed by atoms with Gasteiger partial charge in [-0.05, 0) is 43.0 Å². The van der Waals surface area contributed by atoms with Gasteiger partial charge in [-0.3, -0.25) is 0 Å². The summed E-state index contributed by atoms with van der Waals surface area (Å²) in [6, 6.07) is 9.72. The molecule has 2 rings (SSSR count). The molecule has 0 spiro atoms. The molecule has 3 heteroatoms. The van der Waals surface area contributed by atoms with E-state index in [2.05, 4.69) is 6.07 Å². The second-order valence-corrected chi connectivity index (χ2v) is 4.59. The van der Waals surface area contributed by atoms with Gasteiger partial charge >= 0.3 is 0 Å². The Labute approximate surface area is 102 Å². The molecule has 1 fully saturated rings. The van der Waals surface area contributed by atoms with E-state index in [9.17, 15) is 0 Å². The Balaban J connectivity index is 1.91. The van der Waals surface area contributed by atoms with E-state index in [0.717, 1.165) is 12.0 Å². The van der Waals surface area contributed by atoms with Crippen LogP contribution in [0, 0.1) is 17.2 Å². The molecule has 3 nitrogen and oxygen atoms in total. The van der Waals surface area contributed by atoms with Crippen molar-refractivity contribution in [2.45, 2.75) is 32.0 Å². The highest BCUT2D eigenvalue weighted by atomic mass is 16.5. The van der Waals surface area contributed by atoms with Crippen LogP contribution in [0.2, 0.25) is 0 Å². The van der Waals surface area contributed by atoms with E-state index in [1.807, 2.05) is 24.3 Å². The summed E-state index contributed by atoms with van der Waals surface area (Å²) in [5.41, 5.74) is 7.47. The molecule has 2 N–H and O–H groups in total. The third-order valence-electron chi connectivity index (χ3n) is 3.41. The molecule has 0 amide bonds. The average Bonchev–Trinajstić information content (AvgIpc) is 2.84. The van der Waals surface area contributed by atoms with Crippen LogP contribution in [-0.2, 0) is 11.3 Å². The van der Waals surface area contributed by atoms with Crippen molar-refractivity contribution in [3.8, 4) is 6.07 Å². The van der Waals surface area contributed by atoms with Crippen LogP contribution in [0.5, 0.6) is 0 Å². The van der Waals surface area contributed by atoms with Gasteiger partial charge in [0.2, 0.25) is 0 Å². The van der Waals surface area contributed by atoms with Gasteiger partial charge in [-0.2, -0.15) is 5.26 Å². The molecule has 0 aliphatic heterocycles. The van der Waals surface area contributed by atoms with Crippen LogP contribution < -0.4 is 5.73 Å². The van der Waals surface area contributed by atoms with Gasteiger partial charge in [0.1, 0.15) is 0 Å². The number of nitrogens with two attached hydrogens (primary N) is 1. The Hall–Kier alpha value is -1.37. The maximum atomic E-state index is 8.81. The number of nitrogens with zero attached hydrogens (tertiary/aromatic N) is 1. The summed E-state index contributed by atoms with van der Waals surface area (Å²) in [4.78, 5) is 0. The summed E-state index contributed by atoms with van der Waals surface area (Å²) < 4.78 is 5.90. The van der Waals surface area contributed by atoms with Crippen molar-refractivity contribution in [3.05, 3.63) is 35.4 Å². The molecule has 2 atom stereocenters.